The van der Waals surface area contributed by atoms with Crippen LogP contribution in [-0.2, 0) is 14.8 Å². The van der Waals surface area contributed by atoms with Crippen molar-refractivity contribution in [2.45, 2.75) is 56.4 Å². The summed E-state index contributed by atoms with van der Waals surface area (Å²) >= 11 is 0. The molecule has 0 bridgehead atoms. The molecule has 0 radical (unpaired) electrons. The zero-order valence-electron chi connectivity index (χ0n) is 15.8. The molecule has 1 N–H and O–H groups in total. The molecule has 1 amide bonds. The first-order chi connectivity index (χ1) is 13.0. The van der Waals surface area contributed by atoms with E-state index in [2.05, 4.69) is 12.2 Å². The fourth-order valence-corrected chi connectivity index (χ4v) is 5.16. The number of ether oxygens (including phenoxy) is 2. The van der Waals surface area contributed by atoms with Gasteiger partial charge in [-0.05, 0) is 31.4 Å². The molecule has 0 aromatic heterocycles. The monoisotopic (exact) mass is 396 g/mol. The topological polar surface area (TPSA) is 84.9 Å². The van der Waals surface area contributed by atoms with Crippen LogP contribution in [0.2, 0.25) is 0 Å². The highest BCUT2D eigenvalue weighted by molar-refractivity contribution is 7.89. The minimum atomic E-state index is -3.77. The summed E-state index contributed by atoms with van der Waals surface area (Å²) in [6.07, 6.45) is 5.49. The van der Waals surface area contributed by atoms with Crippen LogP contribution in [0.3, 0.4) is 0 Å². The molecule has 0 aliphatic carbocycles. The van der Waals surface area contributed by atoms with Gasteiger partial charge in [0.05, 0.1) is 4.90 Å². The van der Waals surface area contributed by atoms with Gasteiger partial charge in [0.1, 0.15) is 19.3 Å². The lowest BCUT2D eigenvalue weighted by Crippen LogP contribution is -2.46. The minimum Gasteiger partial charge on any atom is -0.486 e. The summed E-state index contributed by atoms with van der Waals surface area (Å²) in [4.78, 5) is 12.7. The van der Waals surface area contributed by atoms with Crippen molar-refractivity contribution in [3.05, 3.63) is 18.2 Å². The van der Waals surface area contributed by atoms with E-state index in [4.69, 9.17) is 9.47 Å². The fraction of sp³-hybridized carbons (Fsp3) is 0.632. The zero-order valence-corrected chi connectivity index (χ0v) is 16.6. The zero-order chi connectivity index (χ0) is 19.3. The van der Waals surface area contributed by atoms with Crippen LogP contribution in [0.4, 0.5) is 0 Å². The van der Waals surface area contributed by atoms with Crippen LogP contribution in [0.25, 0.3) is 0 Å². The van der Waals surface area contributed by atoms with Gasteiger partial charge in [-0.2, -0.15) is 4.31 Å². The van der Waals surface area contributed by atoms with Gasteiger partial charge in [0.15, 0.2) is 11.5 Å². The molecule has 1 atom stereocenters. The summed E-state index contributed by atoms with van der Waals surface area (Å²) in [6, 6.07) is 3.97. The van der Waals surface area contributed by atoms with E-state index in [-0.39, 0.29) is 10.8 Å². The highest BCUT2D eigenvalue weighted by Crippen LogP contribution is 2.34. The molecule has 3 rings (SSSR count). The maximum atomic E-state index is 13.1. The van der Waals surface area contributed by atoms with E-state index in [9.17, 15) is 13.2 Å². The normalized spacial score (nSPS) is 19.8. The van der Waals surface area contributed by atoms with Crippen molar-refractivity contribution in [2.24, 2.45) is 0 Å². The average Bonchev–Trinajstić information content (AvgIpc) is 3.18. The number of amides is 1. The van der Waals surface area contributed by atoms with Crippen LogP contribution < -0.4 is 14.8 Å². The molecule has 2 aliphatic rings. The number of hydrogen-bond acceptors (Lipinski definition) is 5. The van der Waals surface area contributed by atoms with E-state index < -0.39 is 16.1 Å². The van der Waals surface area contributed by atoms with Crippen molar-refractivity contribution in [1.82, 2.24) is 9.62 Å². The molecule has 1 unspecified atom stereocenters. The van der Waals surface area contributed by atoms with Crippen LogP contribution in [0.1, 0.15) is 45.4 Å². The lowest BCUT2D eigenvalue weighted by molar-refractivity contribution is -0.124. The molecule has 8 heteroatoms. The Labute approximate surface area is 161 Å². The largest absolute Gasteiger partial charge is 0.486 e. The lowest BCUT2D eigenvalue weighted by Gasteiger charge is -2.24. The van der Waals surface area contributed by atoms with E-state index in [0.29, 0.717) is 50.6 Å². The van der Waals surface area contributed by atoms with Gasteiger partial charge in [-0.1, -0.05) is 26.2 Å². The van der Waals surface area contributed by atoms with Crippen molar-refractivity contribution < 1.29 is 22.7 Å². The quantitative estimate of drug-likeness (QED) is 0.682. The number of carbonyl (C=O) groups excluding carboxylic acids is 1. The van der Waals surface area contributed by atoms with Crippen LogP contribution in [0.5, 0.6) is 11.5 Å². The number of sulfonamides is 1. The number of hydrogen-bond donors (Lipinski definition) is 1. The molecule has 1 aromatic carbocycles. The van der Waals surface area contributed by atoms with Crippen molar-refractivity contribution in [3.8, 4) is 11.5 Å². The number of fused-ring (bicyclic) bond motifs is 1. The molecule has 1 saturated heterocycles. The Morgan fingerprint density at radius 3 is 2.74 bits per heavy atom. The van der Waals surface area contributed by atoms with Gasteiger partial charge < -0.3 is 14.8 Å². The molecular formula is C19H28N2O5S. The molecule has 0 saturated carbocycles. The van der Waals surface area contributed by atoms with Crippen LogP contribution in [-0.4, -0.2) is 51.0 Å². The summed E-state index contributed by atoms with van der Waals surface area (Å²) in [5.41, 5.74) is 0. The first-order valence-corrected chi connectivity index (χ1v) is 11.2. The molecule has 1 aromatic rings. The van der Waals surface area contributed by atoms with E-state index in [1.54, 1.807) is 6.07 Å². The SMILES string of the molecule is CCCCCCNC(=O)C1CCCN1S(=O)(=O)c1ccc2c(c1)OCCO2. The molecule has 2 heterocycles. The first kappa shape index (κ1) is 19.9. The summed E-state index contributed by atoms with van der Waals surface area (Å²) in [5, 5.41) is 2.90. The van der Waals surface area contributed by atoms with Crippen molar-refractivity contribution in [3.63, 3.8) is 0 Å². The third-order valence-electron chi connectivity index (χ3n) is 4.96. The van der Waals surface area contributed by atoms with Gasteiger partial charge in [-0.15, -0.1) is 0 Å². The second-order valence-corrected chi connectivity index (χ2v) is 8.82. The maximum Gasteiger partial charge on any atom is 0.243 e. The highest BCUT2D eigenvalue weighted by Gasteiger charge is 2.39. The predicted molar refractivity (Wildman–Crippen MR) is 101 cm³/mol. The summed E-state index contributed by atoms with van der Waals surface area (Å²) in [7, 11) is -3.77. The number of benzene rings is 1. The Morgan fingerprint density at radius 1 is 1.19 bits per heavy atom. The Balaban J connectivity index is 1.68. The number of unbranched alkanes of at least 4 members (excludes halogenated alkanes) is 3. The molecular weight excluding hydrogens is 368 g/mol. The number of nitrogens with one attached hydrogen (secondary N) is 1. The highest BCUT2D eigenvalue weighted by atomic mass is 32.2. The first-order valence-electron chi connectivity index (χ1n) is 9.73. The fourth-order valence-electron chi connectivity index (χ4n) is 3.49. The Morgan fingerprint density at radius 2 is 1.96 bits per heavy atom. The molecule has 0 spiro atoms. The average molecular weight is 397 g/mol. The molecule has 150 valence electrons. The van der Waals surface area contributed by atoms with Gasteiger partial charge >= 0.3 is 0 Å². The van der Waals surface area contributed by atoms with Gasteiger partial charge in [0.2, 0.25) is 15.9 Å². The number of nitrogens with zero attached hydrogens (tertiary/aromatic N) is 1. The standard InChI is InChI=1S/C19H28N2O5S/c1-2-3-4-5-10-20-19(22)16-7-6-11-21(16)27(23,24)15-8-9-17-18(14-15)26-13-12-25-17/h8-9,14,16H,2-7,10-13H2,1H3,(H,20,22). The van der Waals surface area contributed by atoms with Crippen LogP contribution in [0.15, 0.2) is 23.1 Å². The molecule has 2 aliphatic heterocycles. The van der Waals surface area contributed by atoms with E-state index in [1.807, 2.05) is 0 Å². The molecule has 7 nitrogen and oxygen atoms in total. The van der Waals surface area contributed by atoms with Crippen molar-refractivity contribution in [2.75, 3.05) is 26.3 Å². The second kappa shape index (κ2) is 8.93. The van der Waals surface area contributed by atoms with Gasteiger partial charge in [0.25, 0.3) is 0 Å². The summed E-state index contributed by atoms with van der Waals surface area (Å²) in [6.45, 7) is 3.92. The third kappa shape index (κ3) is 4.55. The predicted octanol–water partition coefficient (Wildman–Crippen LogP) is 2.31. The van der Waals surface area contributed by atoms with Crippen molar-refractivity contribution >= 4 is 15.9 Å². The van der Waals surface area contributed by atoms with Gasteiger partial charge in [0, 0.05) is 19.2 Å². The van der Waals surface area contributed by atoms with Crippen molar-refractivity contribution in [1.29, 1.82) is 0 Å². The Bertz CT molecular complexity index is 765. The third-order valence-corrected chi connectivity index (χ3v) is 6.86. The van der Waals surface area contributed by atoms with E-state index >= 15 is 0 Å². The van der Waals surface area contributed by atoms with Crippen LogP contribution >= 0.6 is 0 Å². The smallest absolute Gasteiger partial charge is 0.243 e. The summed E-state index contributed by atoms with van der Waals surface area (Å²) < 4.78 is 38.5. The summed E-state index contributed by atoms with van der Waals surface area (Å²) in [5.74, 6) is 0.770. The lowest BCUT2D eigenvalue weighted by atomic mass is 10.2. The second-order valence-electron chi connectivity index (χ2n) is 6.93. The van der Waals surface area contributed by atoms with Crippen LogP contribution in [0, 0.1) is 0 Å². The molecule has 1 fully saturated rings. The Kier molecular flexibility index (Phi) is 6.59. The number of carbonyl (C=O) groups is 1. The molecule has 27 heavy (non-hydrogen) atoms. The van der Waals surface area contributed by atoms with E-state index in [0.717, 1.165) is 25.7 Å². The number of rotatable bonds is 8. The maximum absolute atomic E-state index is 13.1. The Hall–Kier alpha value is -1.80. The van der Waals surface area contributed by atoms with Gasteiger partial charge in [-0.3, -0.25) is 4.79 Å². The van der Waals surface area contributed by atoms with E-state index in [1.165, 1.54) is 16.4 Å². The minimum absolute atomic E-state index is 0.134. The van der Waals surface area contributed by atoms with Gasteiger partial charge in [-0.25, -0.2) is 8.42 Å².